The smallest absolute Gasteiger partial charge is 0.330 e. The highest BCUT2D eigenvalue weighted by Gasteiger charge is 2.09. The van der Waals surface area contributed by atoms with Gasteiger partial charge >= 0.3 is 5.97 Å². The summed E-state index contributed by atoms with van der Waals surface area (Å²) in [6.45, 7) is 9.31. The molecule has 0 saturated carbocycles. The van der Waals surface area contributed by atoms with Crippen molar-refractivity contribution in [3.8, 4) is 0 Å². The summed E-state index contributed by atoms with van der Waals surface area (Å²) < 4.78 is 4.80. The fraction of sp³-hybridized carbons (Fsp3) is 0.615. The van der Waals surface area contributed by atoms with Gasteiger partial charge in [-0.1, -0.05) is 19.1 Å². The van der Waals surface area contributed by atoms with Crippen LogP contribution in [0.1, 0.15) is 26.2 Å². The van der Waals surface area contributed by atoms with Gasteiger partial charge in [0, 0.05) is 12.6 Å². The number of rotatable bonds is 5. The van der Waals surface area contributed by atoms with E-state index in [0.717, 1.165) is 25.2 Å². The number of carbonyl (C=O) groups excluding carboxylic acids is 1. The predicted molar refractivity (Wildman–Crippen MR) is 65.2 cm³/mol. The molecule has 0 N–H and O–H groups in total. The molecule has 3 nitrogen and oxygen atoms in total. The largest absolute Gasteiger partial charge is 0.463 e. The van der Waals surface area contributed by atoms with Crippen molar-refractivity contribution >= 4 is 5.97 Å². The minimum atomic E-state index is -0.290. The summed E-state index contributed by atoms with van der Waals surface area (Å²) in [5.41, 5.74) is 0.968. The van der Waals surface area contributed by atoms with Gasteiger partial charge in [0.2, 0.25) is 0 Å². The molecule has 0 aliphatic carbocycles. The summed E-state index contributed by atoms with van der Waals surface area (Å²) in [7, 11) is 0. The molecule has 3 heteroatoms. The van der Waals surface area contributed by atoms with E-state index in [0.29, 0.717) is 6.61 Å². The van der Waals surface area contributed by atoms with Crippen LogP contribution in [0.15, 0.2) is 24.3 Å². The van der Waals surface area contributed by atoms with Crippen molar-refractivity contribution in [2.75, 3.05) is 26.2 Å². The molecule has 16 heavy (non-hydrogen) atoms. The number of esters is 1. The first-order valence-electron chi connectivity index (χ1n) is 5.97. The molecule has 0 atom stereocenters. The van der Waals surface area contributed by atoms with Gasteiger partial charge in [-0.2, -0.15) is 0 Å². The first-order valence-corrected chi connectivity index (χ1v) is 5.97. The molecule has 1 aliphatic rings. The van der Waals surface area contributed by atoms with E-state index in [1.54, 1.807) is 13.0 Å². The summed E-state index contributed by atoms with van der Waals surface area (Å²) in [6.07, 6.45) is 7.09. The Labute approximate surface area is 97.8 Å². The maximum atomic E-state index is 11.1. The first-order chi connectivity index (χ1) is 7.72. The minimum absolute atomic E-state index is 0.290. The zero-order chi connectivity index (χ0) is 11.8. The average molecular weight is 223 g/mol. The van der Waals surface area contributed by atoms with Crippen molar-refractivity contribution in [1.82, 2.24) is 4.90 Å². The third-order valence-electron chi connectivity index (χ3n) is 2.62. The van der Waals surface area contributed by atoms with Crippen LogP contribution < -0.4 is 0 Å². The molecule has 0 radical (unpaired) electrons. The zero-order valence-electron chi connectivity index (χ0n) is 10.1. The molecule has 1 saturated heterocycles. The van der Waals surface area contributed by atoms with E-state index in [1.807, 2.05) is 0 Å². The topological polar surface area (TPSA) is 29.5 Å². The van der Waals surface area contributed by atoms with Gasteiger partial charge in [0.05, 0.1) is 6.61 Å². The Morgan fingerprint density at radius 2 is 2.00 bits per heavy atom. The summed E-state index contributed by atoms with van der Waals surface area (Å²) >= 11 is 0. The zero-order valence-corrected chi connectivity index (χ0v) is 10.1. The number of carbonyl (C=O) groups is 1. The van der Waals surface area contributed by atoms with Crippen LogP contribution in [0.2, 0.25) is 0 Å². The maximum Gasteiger partial charge on any atom is 0.330 e. The van der Waals surface area contributed by atoms with Crippen molar-refractivity contribution in [3.05, 3.63) is 24.3 Å². The van der Waals surface area contributed by atoms with Crippen LogP contribution in [0.25, 0.3) is 0 Å². The van der Waals surface area contributed by atoms with Crippen LogP contribution in [0.5, 0.6) is 0 Å². The third-order valence-corrected chi connectivity index (χ3v) is 2.62. The van der Waals surface area contributed by atoms with E-state index in [-0.39, 0.29) is 5.97 Å². The van der Waals surface area contributed by atoms with Gasteiger partial charge in [0.15, 0.2) is 0 Å². The second kappa shape index (κ2) is 7.23. The Bertz CT molecular complexity index is 265. The normalized spacial score (nSPS) is 17.6. The van der Waals surface area contributed by atoms with Crippen molar-refractivity contribution in [1.29, 1.82) is 0 Å². The van der Waals surface area contributed by atoms with E-state index < -0.39 is 0 Å². The SMILES string of the molecule is C=C(/C=C\C(=O)OCC)CN1CCCCC1. The molecule has 0 amide bonds. The fourth-order valence-electron chi connectivity index (χ4n) is 1.83. The Kier molecular flexibility index (Phi) is 5.86. The van der Waals surface area contributed by atoms with Gasteiger partial charge < -0.3 is 4.74 Å². The molecular weight excluding hydrogens is 202 g/mol. The van der Waals surface area contributed by atoms with Crippen LogP contribution in [0.4, 0.5) is 0 Å². The van der Waals surface area contributed by atoms with Gasteiger partial charge in [-0.15, -0.1) is 0 Å². The summed E-state index contributed by atoms with van der Waals surface area (Å²) in [6, 6.07) is 0. The van der Waals surface area contributed by atoms with E-state index >= 15 is 0 Å². The predicted octanol–water partition coefficient (Wildman–Crippen LogP) is 2.15. The third kappa shape index (κ3) is 5.12. The molecule has 0 aromatic heterocycles. The number of piperidine rings is 1. The molecule has 1 heterocycles. The van der Waals surface area contributed by atoms with Gasteiger partial charge in [0.1, 0.15) is 0 Å². The highest BCUT2D eigenvalue weighted by Crippen LogP contribution is 2.10. The number of likely N-dealkylation sites (tertiary alicyclic amines) is 1. The first kappa shape index (κ1) is 13.0. The lowest BCUT2D eigenvalue weighted by atomic mass is 10.1. The second-order valence-electron chi connectivity index (χ2n) is 4.08. The molecule has 0 aromatic carbocycles. The molecule has 0 spiro atoms. The number of ether oxygens (including phenoxy) is 1. The van der Waals surface area contributed by atoms with Gasteiger partial charge in [-0.05, 0) is 38.4 Å². The second-order valence-corrected chi connectivity index (χ2v) is 4.08. The molecule has 0 unspecified atom stereocenters. The van der Waals surface area contributed by atoms with Gasteiger partial charge in [-0.25, -0.2) is 4.79 Å². The molecule has 1 rings (SSSR count). The van der Waals surface area contributed by atoms with Crippen LogP contribution in [-0.4, -0.2) is 37.1 Å². The molecule has 0 aromatic rings. The Balaban J connectivity index is 2.26. The standard InChI is InChI=1S/C13H21NO2/c1-3-16-13(15)8-7-12(2)11-14-9-5-4-6-10-14/h7-8H,2-6,9-11H2,1H3/b8-7-. The average Bonchev–Trinajstić information content (AvgIpc) is 2.28. The lowest BCUT2D eigenvalue weighted by molar-refractivity contribution is -0.137. The monoisotopic (exact) mass is 223 g/mol. The summed E-state index contributed by atoms with van der Waals surface area (Å²) in [5.74, 6) is -0.290. The maximum absolute atomic E-state index is 11.1. The molecule has 1 aliphatic heterocycles. The summed E-state index contributed by atoms with van der Waals surface area (Å²) in [5, 5.41) is 0. The molecule has 90 valence electrons. The van der Waals surface area contributed by atoms with Gasteiger partial charge in [-0.3, -0.25) is 4.90 Å². The number of hydrogen-bond acceptors (Lipinski definition) is 3. The lowest BCUT2D eigenvalue weighted by Crippen LogP contribution is -2.31. The highest BCUT2D eigenvalue weighted by atomic mass is 16.5. The number of nitrogens with zero attached hydrogens (tertiary/aromatic N) is 1. The van der Waals surface area contributed by atoms with Crippen LogP contribution in [0.3, 0.4) is 0 Å². The molecule has 1 fully saturated rings. The van der Waals surface area contributed by atoms with Crippen molar-refractivity contribution in [2.45, 2.75) is 26.2 Å². The van der Waals surface area contributed by atoms with Crippen LogP contribution in [-0.2, 0) is 9.53 Å². The van der Waals surface area contributed by atoms with Crippen molar-refractivity contribution < 1.29 is 9.53 Å². The van der Waals surface area contributed by atoms with E-state index in [2.05, 4.69) is 11.5 Å². The Morgan fingerprint density at radius 3 is 2.62 bits per heavy atom. The van der Waals surface area contributed by atoms with E-state index in [1.165, 1.54) is 25.3 Å². The molecule has 0 bridgehead atoms. The Morgan fingerprint density at radius 1 is 1.31 bits per heavy atom. The quantitative estimate of drug-likeness (QED) is 0.406. The van der Waals surface area contributed by atoms with E-state index in [4.69, 9.17) is 4.74 Å². The minimum Gasteiger partial charge on any atom is -0.463 e. The Hall–Kier alpha value is -1.09. The van der Waals surface area contributed by atoms with Crippen molar-refractivity contribution in [2.24, 2.45) is 0 Å². The van der Waals surface area contributed by atoms with Gasteiger partial charge in [0.25, 0.3) is 0 Å². The summed E-state index contributed by atoms with van der Waals surface area (Å²) in [4.78, 5) is 13.5. The van der Waals surface area contributed by atoms with Crippen LogP contribution in [0, 0.1) is 0 Å². The van der Waals surface area contributed by atoms with E-state index in [9.17, 15) is 4.79 Å². The highest BCUT2D eigenvalue weighted by molar-refractivity contribution is 5.82. The van der Waals surface area contributed by atoms with Crippen molar-refractivity contribution in [3.63, 3.8) is 0 Å². The molecular formula is C13H21NO2. The lowest BCUT2D eigenvalue weighted by Gasteiger charge is -2.26. The van der Waals surface area contributed by atoms with Crippen LogP contribution >= 0.6 is 0 Å². The fourth-order valence-corrected chi connectivity index (χ4v) is 1.83. The number of hydrogen-bond donors (Lipinski definition) is 0.